The molecule has 1 heteroatoms. The monoisotopic (exact) mass is 308 g/mol. The van der Waals surface area contributed by atoms with Crippen LogP contribution in [0, 0.1) is 47.5 Å². The summed E-state index contributed by atoms with van der Waals surface area (Å²) in [6.07, 6.45) is 1.13. The highest BCUT2D eigenvalue weighted by Crippen LogP contribution is 2.40. The van der Waals surface area contributed by atoms with Crippen molar-refractivity contribution in [3.63, 3.8) is 0 Å². The molecule has 122 valence electrons. The molecule has 0 unspecified atom stereocenters. The Morgan fingerprint density at radius 1 is 0.739 bits per heavy atom. The molecule has 0 fully saturated rings. The predicted molar refractivity (Wildman–Crippen MR) is 101 cm³/mol. The van der Waals surface area contributed by atoms with Crippen LogP contribution in [0.1, 0.15) is 52.8 Å². The van der Waals surface area contributed by atoms with E-state index in [0.29, 0.717) is 5.92 Å². The van der Waals surface area contributed by atoms with E-state index >= 15 is 0 Å². The highest BCUT2D eigenvalue weighted by molar-refractivity contribution is 6.11. The zero-order chi connectivity index (χ0) is 17.0. The van der Waals surface area contributed by atoms with Crippen LogP contribution in [0.15, 0.2) is 10.5 Å². The molecule has 3 rings (SSSR count). The van der Waals surface area contributed by atoms with E-state index in [4.69, 9.17) is 4.42 Å². The second-order valence-corrected chi connectivity index (χ2v) is 7.60. The summed E-state index contributed by atoms with van der Waals surface area (Å²) in [4.78, 5) is 0. The van der Waals surface area contributed by atoms with Gasteiger partial charge < -0.3 is 4.42 Å². The summed E-state index contributed by atoms with van der Waals surface area (Å²) in [6.45, 7) is 17.9. The first-order valence-corrected chi connectivity index (χ1v) is 8.65. The van der Waals surface area contributed by atoms with E-state index in [2.05, 4.69) is 61.5 Å². The normalized spacial score (nSPS) is 12.0. The van der Waals surface area contributed by atoms with Crippen molar-refractivity contribution in [1.82, 2.24) is 0 Å². The fourth-order valence-electron chi connectivity index (χ4n) is 3.92. The van der Waals surface area contributed by atoms with Gasteiger partial charge in [-0.25, -0.2) is 0 Å². The van der Waals surface area contributed by atoms with Gasteiger partial charge in [0.15, 0.2) is 0 Å². The highest BCUT2D eigenvalue weighted by Gasteiger charge is 2.21. The Labute approximate surface area is 139 Å². The number of hydrogen-bond acceptors (Lipinski definition) is 1. The smallest absolute Gasteiger partial charge is 0.138 e. The zero-order valence-electron chi connectivity index (χ0n) is 15.8. The second-order valence-electron chi connectivity index (χ2n) is 7.60. The Morgan fingerprint density at radius 3 is 1.96 bits per heavy atom. The van der Waals surface area contributed by atoms with Gasteiger partial charge in [-0.1, -0.05) is 19.9 Å². The average molecular weight is 308 g/mol. The van der Waals surface area contributed by atoms with Gasteiger partial charge in [0.1, 0.15) is 11.2 Å². The van der Waals surface area contributed by atoms with E-state index in [1.54, 1.807) is 0 Å². The minimum Gasteiger partial charge on any atom is -0.455 e. The Hall–Kier alpha value is -1.76. The van der Waals surface area contributed by atoms with Crippen molar-refractivity contribution in [3.05, 3.63) is 45.0 Å². The summed E-state index contributed by atoms with van der Waals surface area (Å²) in [5.41, 5.74) is 11.7. The van der Waals surface area contributed by atoms with Crippen LogP contribution in [0.25, 0.3) is 21.9 Å². The molecule has 0 N–H and O–H groups in total. The molecule has 1 heterocycles. The van der Waals surface area contributed by atoms with Crippen LogP contribution in [0.3, 0.4) is 0 Å². The van der Waals surface area contributed by atoms with Crippen molar-refractivity contribution in [3.8, 4) is 0 Å². The topological polar surface area (TPSA) is 13.1 Å². The predicted octanol–water partition coefficient (Wildman–Crippen LogP) is 6.64. The van der Waals surface area contributed by atoms with E-state index in [1.165, 1.54) is 49.7 Å². The lowest BCUT2D eigenvalue weighted by molar-refractivity contribution is 0.639. The number of hydrogen-bond donors (Lipinski definition) is 0. The molecule has 23 heavy (non-hydrogen) atoms. The van der Waals surface area contributed by atoms with Crippen molar-refractivity contribution in [1.29, 1.82) is 0 Å². The molecule has 3 aromatic rings. The summed E-state index contributed by atoms with van der Waals surface area (Å²) < 4.78 is 6.40. The molecule has 0 saturated carbocycles. The molecule has 0 bridgehead atoms. The van der Waals surface area contributed by atoms with Gasteiger partial charge in [0, 0.05) is 10.8 Å². The maximum absolute atomic E-state index is 6.40. The molecule has 0 amide bonds. The van der Waals surface area contributed by atoms with Gasteiger partial charge in [0.25, 0.3) is 0 Å². The zero-order valence-corrected chi connectivity index (χ0v) is 15.8. The first-order valence-electron chi connectivity index (χ1n) is 8.65. The van der Waals surface area contributed by atoms with Gasteiger partial charge in [-0.3, -0.25) is 0 Å². The molecular formula is C22H28O. The molecule has 2 aromatic carbocycles. The Morgan fingerprint density at radius 2 is 1.35 bits per heavy atom. The molecule has 0 saturated heterocycles. The lowest BCUT2D eigenvalue weighted by atomic mass is 9.88. The van der Waals surface area contributed by atoms with Crippen LogP contribution >= 0.6 is 0 Å². The number of rotatable bonds is 2. The molecule has 0 spiro atoms. The Balaban J connectivity index is 2.55. The molecule has 0 aliphatic rings. The van der Waals surface area contributed by atoms with Crippen molar-refractivity contribution in [2.75, 3.05) is 0 Å². The van der Waals surface area contributed by atoms with E-state index < -0.39 is 0 Å². The fraction of sp³-hybridized carbons (Fsp3) is 0.455. The minimum absolute atomic E-state index is 0.660. The standard InChI is InChI=1S/C22H28O/c1-11(2)9-18-15(6)16(7)22-20(17(18)8)19-13(4)10-12(3)14(5)21(19)23-22/h10-11H,9H2,1-8H3. The van der Waals surface area contributed by atoms with Crippen molar-refractivity contribution in [2.24, 2.45) is 5.92 Å². The van der Waals surface area contributed by atoms with Gasteiger partial charge in [-0.05, 0) is 92.8 Å². The van der Waals surface area contributed by atoms with Gasteiger partial charge in [-0.2, -0.15) is 0 Å². The number of fused-ring (bicyclic) bond motifs is 3. The maximum atomic E-state index is 6.40. The van der Waals surface area contributed by atoms with Gasteiger partial charge in [0.05, 0.1) is 0 Å². The number of furan rings is 1. The van der Waals surface area contributed by atoms with Crippen LogP contribution in [0.5, 0.6) is 0 Å². The largest absolute Gasteiger partial charge is 0.455 e. The first-order chi connectivity index (χ1) is 10.7. The highest BCUT2D eigenvalue weighted by atomic mass is 16.3. The first kappa shape index (κ1) is 16.1. The summed E-state index contributed by atoms with van der Waals surface area (Å²) in [5, 5.41) is 2.65. The molecular weight excluding hydrogens is 280 g/mol. The molecule has 0 atom stereocenters. The van der Waals surface area contributed by atoms with Crippen molar-refractivity contribution in [2.45, 2.75) is 61.8 Å². The van der Waals surface area contributed by atoms with Crippen LogP contribution in [-0.4, -0.2) is 0 Å². The Bertz CT molecular complexity index is 923. The van der Waals surface area contributed by atoms with Crippen molar-refractivity contribution >= 4 is 21.9 Å². The van der Waals surface area contributed by atoms with Crippen LogP contribution < -0.4 is 0 Å². The average Bonchev–Trinajstić information content (AvgIpc) is 2.88. The third-order valence-corrected chi connectivity index (χ3v) is 5.46. The quantitative estimate of drug-likeness (QED) is 0.517. The number of aryl methyl sites for hydroxylation is 5. The Kier molecular flexibility index (Phi) is 3.78. The molecule has 0 aliphatic heterocycles. The van der Waals surface area contributed by atoms with E-state index in [-0.39, 0.29) is 0 Å². The van der Waals surface area contributed by atoms with E-state index in [9.17, 15) is 0 Å². The van der Waals surface area contributed by atoms with Crippen LogP contribution in [0.2, 0.25) is 0 Å². The molecule has 1 aromatic heterocycles. The summed E-state index contributed by atoms with van der Waals surface area (Å²) >= 11 is 0. The van der Waals surface area contributed by atoms with Gasteiger partial charge in [0.2, 0.25) is 0 Å². The number of benzene rings is 2. The molecule has 1 nitrogen and oxygen atoms in total. The third-order valence-electron chi connectivity index (χ3n) is 5.46. The third kappa shape index (κ3) is 2.29. The lowest BCUT2D eigenvalue weighted by Crippen LogP contribution is -2.02. The summed E-state index contributed by atoms with van der Waals surface area (Å²) in [6, 6.07) is 2.30. The molecule has 0 radical (unpaired) electrons. The second kappa shape index (κ2) is 5.40. The van der Waals surface area contributed by atoms with Gasteiger partial charge in [-0.15, -0.1) is 0 Å². The summed E-state index contributed by atoms with van der Waals surface area (Å²) in [5.74, 6) is 0.660. The van der Waals surface area contributed by atoms with Crippen LogP contribution in [-0.2, 0) is 6.42 Å². The van der Waals surface area contributed by atoms with Crippen LogP contribution in [0.4, 0.5) is 0 Å². The van der Waals surface area contributed by atoms with Crippen molar-refractivity contribution < 1.29 is 4.42 Å². The SMILES string of the molecule is Cc1cc(C)c2c(oc3c(C)c(C)c(CC(C)C)c(C)c32)c1C. The summed E-state index contributed by atoms with van der Waals surface area (Å²) in [7, 11) is 0. The minimum atomic E-state index is 0.660. The van der Waals surface area contributed by atoms with E-state index in [1.807, 2.05) is 0 Å². The van der Waals surface area contributed by atoms with E-state index in [0.717, 1.165) is 17.6 Å². The molecule has 0 aliphatic carbocycles. The fourth-order valence-corrected chi connectivity index (χ4v) is 3.92. The van der Waals surface area contributed by atoms with Gasteiger partial charge >= 0.3 is 0 Å². The maximum Gasteiger partial charge on any atom is 0.138 e. The lowest BCUT2D eigenvalue weighted by Gasteiger charge is -2.16.